The maximum absolute atomic E-state index is 12.0. The van der Waals surface area contributed by atoms with Gasteiger partial charge in [-0.2, -0.15) is 10.4 Å². The van der Waals surface area contributed by atoms with Gasteiger partial charge in [-0.15, -0.1) is 0 Å². The molecule has 7 heteroatoms. The van der Waals surface area contributed by atoms with E-state index in [4.69, 9.17) is 5.26 Å². The maximum Gasteiger partial charge on any atom is 0.278 e. The molecule has 0 bridgehead atoms. The number of carbonyl (C=O) groups is 1. The van der Waals surface area contributed by atoms with Crippen LogP contribution in [0.3, 0.4) is 0 Å². The van der Waals surface area contributed by atoms with E-state index in [1.54, 1.807) is 10.9 Å². The Morgan fingerprint density at radius 1 is 1.57 bits per heavy atom. The van der Waals surface area contributed by atoms with Gasteiger partial charge in [0.15, 0.2) is 0 Å². The third-order valence-corrected chi connectivity index (χ3v) is 3.25. The lowest BCUT2D eigenvalue weighted by Gasteiger charge is -2.03. The molecule has 0 fully saturated rings. The van der Waals surface area contributed by atoms with E-state index >= 15 is 0 Å². The quantitative estimate of drug-likeness (QED) is 0.842. The Balaban J connectivity index is 2.44. The summed E-state index contributed by atoms with van der Waals surface area (Å²) in [5, 5.41) is 13.0. The van der Waals surface area contributed by atoms with Crippen molar-refractivity contribution < 1.29 is 9.63 Å². The van der Waals surface area contributed by atoms with E-state index in [1.807, 2.05) is 24.3 Å². The van der Waals surface area contributed by atoms with Gasteiger partial charge in [-0.3, -0.25) is 14.3 Å². The van der Waals surface area contributed by atoms with Gasteiger partial charge in [-0.1, -0.05) is 28.1 Å². The molecule has 0 aliphatic rings. The minimum absolute atomic E-state index is 0.324. The van der Waals surface area contributed by atoms with E-state index in [1.165, 1.54) is 7.11 Å². The van der Waals surface area contributed by atoms with Crippen molar-refractivity contribution in [1.82, 2.24) is 15.3 Å². The van der Waals surface area contributed by atoms with Gasteiger partial charge in [0.2, 0.25) is 0 Å². The first-order valence-electron chi connectivity index (χ1n) is 6.19. The molecule has 1 heterocycles. The van der Waals surface area contributed by atoms with Crippen molar-refractivity contribution in [3.8, 4) is 17.3 Å². The number of amides is 1. The maximum atomic E-state index is 12.0. The largest absolute Gasteiger partial charge is 0.278 e. The molecule has 0 spiro atoms. The third kappa shape index (κ3) is 3.68. The zero-order chi connectivity index (χ0) is 15.2. The monoisotopic (exact) mass is 348 g/mol. The van der Waals surface area contributed by atoms with Crippen molar-refractivity contribution >= 4 is 21.8 Å². The van der Waals surface area contributed by atoms with Crippen molar-refractivity contribution in [3.05, 3.63) is 40.5 Å². The minimum Gasteiger partial charge on any atom is -0.277 e. The Hall–Kier alpha value is -2.17. The van der Waals surface area contributed by atoms with E-state index < -0.39 is 0 Å². The van der Waals surface area contributed by atoms with Gasteiger partial charge < -0.3 is 0 Å². The van der Waals surface area contributed by atoms with Crippen LogP contribution < -0.4 is 5.48 Å². The van der Waals surface area contributed by atoms with Crippen LogP contribution in [0.2, 0.25) is 0 Å². The van der Waals surface area contributed by atoms with Gasteiger partial charge in [-0.05, 0) is 12.1 Å². The molecule has 108 valence electrons. The van der Waals surface area contributed by atoms with E-state index in [0.717, 1.165) is 10.0 Å². The highest BCUT2D eigenvalue weighted by molar-refractivity contribution is 9.10. The molecule has 1 N–H and O–H groups in total. The van der Waals surface area contributed by atoms with Crippen LogP contribution in [0.4, 0.5) is 0 Å². The van der Waals surface area contributed by atoms with Crippen LogP contribution in [0.25, 0.3) is 11.3 Å². The lowest BCUT2D eigenvalue weighted by Crippen LogP contribution is -2.21. The number of hydrogen-bond acceptors (Lipinski definition) is 4. The van der Waals surface area contributed by atoms with Gasteiger partial charge in [-0.25, -0.2) is 5.48 Å². The fraction of sp³-hybridized carbons (Fsp3) is 0.214. The zero-order valence-electron chi connectivity index (χ0n) is 11.3. The molecule has 0 aliphatic heterocycles. The Bertz CT molecular complexity index is 691. The molecule has 0 saturated heterocycles. The van der Waals surface area contributed by atoms with E-state index in [2.05, 4.69) is 37.4 Å². The number of carbonyl (C=O) groups excluding carboxylic acids is 1. The summed E-state index contributed by atoms with van der Waals surface area (Å²) < 4.78 is 2.48. The molecule has 0 aliphatic carbocycles. The summed E-state index contributed by atoms with van der Waals surface area (Å²) in [7, 11) is 1.37. The molecule has 1 aromatic heterocycles. The van der Waals surface area contributed by atoms with Gasteiger partial charge in [0.25, 0.3) is 5.91 Å². The van der Waals surface area contributed by atoms with E-state index in [9.17, 15) is 4.79 Å². The van der Waals surface area contributed by atoms with Crippen LogP contribution in [-0.2, 0) is 11.4 Å². The molecule has 1 amide bonds. The molecule has 1 aromatic carbocycles. The highest BCUT2D eigenvalue weighted by Crippen LogP contribution is 2.25. The van der Waals surface area contributed by atoms with Crippen molar-refractivity contribution in [3.63, 3.8) is 0 Å². The topological polar surface area (TPSA) is 79.9 Å². The fourth-order valence-corrected chi connectivity index (χ4v) is 2.26. The van der Waals surface area contributed by atoms with Crippen molar-refractivity contribution in [2.75, 3.05) is 7.11 Å². The number of rotatable bonds is 5. The number of hydrogen-bond donors (Lipinski definition) is 1. The van der Waals surface area contributed by atoms with Crippen molar-refractivity contribution in [2.24, 2.45) is 0 Å². The second kappa shape index (κ2) is 7.02. The van der Waals surface area contributed by atoms with Gasteiger partial charge in [0.1, 0.15) is 5.69 Å². The number of nitriles is 1. The standard InChI is InChI=1S/C14H13BrN4O2/c1-21-18-14(20)12-9-19(7-3-6-16)17-13(12)10-4-2-5-11(15)8-10/h2,4-5,8-9H,3,7H2,1H3,(H,18,20). The summed E-state index contributed by atoms with van der Waals surface area (Å²) in [6.07, 6.45) is 1.94. The predicted octanol–water partition coefficient (Wildman–Crippen LogP) is 2.52. The average molecular weight is 349 g/mol. The second-order valence-corrected chi connectivity index (χ2v) is 5.12. The molecule has 21 heavy (non-hydrogen) atoms. The van der Waals surface area contributed by atoms with Crippen LogP contribution in [0.15, 0.2) is 34.9 Å². The third-order valence-electron chi connectivity index (χ3n) is 2.75. The fourth-order valence-electron chi connectivity index (χ4n) is 1.86. The number of aromatic nitrogens is 2. The molecular formula is C14H13BrN4O2. The summed E-state index contributed by atoms with van der Waals surface area (Å²) in [5.74, 6) is -0.379. The number of benzene rings is 1. The van der Waals surface area contributed by atoms with Crippen LogP contribution >= 0.6 is 15.9 Å². The van der Waals surface area contributed by atoms with Crippen molar-refractivity contribution in [2.45, 2.75) is 13.0 Å². The van der Waals surface area contributed by atoms with Gasteiger partial charge in [0.05, 0.1) is 31.7 Å². The summed E-state index contributed by atoms with van der Waals surface area (Å²) in [5.41, 5.74) is 4.04. The number of halogens is 1. The van der Waals surface area contributed by atoms with Crippen LogP contribution in [-0.4, -0.2) is 22.8 Å². The number of hydroxylamine groups is 1. The molecule has 2 rings (SSSR count). The Morgan fingerprint density at radius 2 is 2.38 bits per heavy atom. The summed E-state index contributed by atoms with van der Waals surface area (Å²) >= 11 is 3.40. The van der Waals surface area contributed by atoms with E-state index in [-0.39, 0.29) is 5.91 Å². The van der Waals surface area contributed by atoms with Crippen LogP contribution in [0.5, 0.6) is 0 Å². The normalized spacial score (nSPS) is 10.1. The van der Waals surface area contributed by atoms with Crippen molar-refractivity contribution in [1.29, 1.82) is 5.26 Å². The SMILES string of the molecule is CONC(=O)c1cn(CCC#N)nc1-c1cccc(Br)c1. The molecule has 0 radical (unpaired) electrons. The minimum atomic E-state index is -0.379. The van der Waals surface area contributed by atoms with Crippen LogP contribution in [0.1, 0.15) is 16.8 Å². The van der Waals surface area contributed by atoms with Gasteiger partial charge in [0, 0.05) is 16.2 Å². The summed E-state index contributed by atoms with van der Waals surface area (Å²) in [6.45, 7) is 0.428. The average Bonchev–Trinajstić information content (AvgIpc) is 2.89. The first-order valence-corrected chi connectivity index (χ1v) is 6.98. The second-order valence-electron chi connectivity index (χ2n) is 4.21. The zero-order valence-corrected chi connectivity index (χ0v) is 12.9. The molecule has 2 aromatic rings. The summed E-state index contributed by atoms with van der Waals surface area (Å²) in [6, 6.07) is 9.56. The lowest BCUT2D eigenvalue weighted by atomic mass is 10.1. The first kappa shape index (κ1) is 15.2. The van der Waals surface area contributed by atoms with Gasteiger partial charge >= 0.3 is 0 Å². The smallest absolute Gasteiger partial charge is 0.277 e. The number of aryl methyl sites for hydroxylation is 1. The molecule has 0 atom stereocenters. The van der Waals surface area contributed by atoms with Crippen LogP contribution in [0, 0.1) is 11.3 Å². The Labute approximate surface area is 130 Å². The highest BCUT2D eigenvalue weighted by atomic mass is 79.9. The Morgan fingerprint density at radius 3 is 3.05 bits per heavy atom. The Kier molecular flexibility index (Phi) is 5.09. The number of nitrogens with one attached hydrogen (secondary N) is 1. The summed E-state index contributed by atoms with van der Waals surface area (Å²) in [4.78, 5) is 16.7. The number of nitrogens with zero attached hydrogens (tertiary/aromatic N) is 3. The molecule has 0 saturated carbocycles. The first-order chi connectivity index (χ1) is 10.2. The molecule has 6 nitrogen and oxygen atoms in total. The lowest BCUT2D eigenvalue weighted by molar-refractivity contribution is 0.0538. The molecular weight excluding hydrogens is 336 g/mol. The molecule has 0 unspecified atom stereocenters. The highest BCUT2D eigenvalue weighted by Gasteiger charge is 2.18. The van der Waals surface area contributed by atoms with E-state index in [0.29, 0.717) is 24.2 Å². The predicted molar refractivity (Wildman–Crippen MR) is 80.1 cm³/mol.